The highest BCUT2D eigenvalue weighted by atomic mass is 79.9. The summed E-state index contributed by atoms with van der Waals surface area (Å²) in [5, 5.41) is 0. The van der Waals surface area contributed by atoms with E-state index < -0.39 is 10.0 Å². The standard InChI is InChI=1S/C24H32BrNO4S/c1-24(2,3)17-16-22(26-31(28,29)21-14-12-20(25)13-15-21)19-10-8-18(9-11-19)6-5-7-23(27)30-4/h8-15,22,26H,5-7,16-17H2,1-4H3. The van der Waals surface area contributed by atoms with Crippen LogP contribution >= 0.6 is 15.9 Å². The third-order valence-corrected chi connectivity index (χ3v) is 7.08. The molecule has 31 heavy (non-hydrogen) atoms. The predicted molar refractivity (Wildman–Crippen MR) is 127 cm³/mol. The monoisotopic (exact) mass is 509 g/mol. The zero-order valence-corrected chi connectivity index (χ0v) is 21.1. The summed E-state index contributed by atoms with van der Waals surface area (Å²) < 4.78 is 34.4. The Kier molecular flexibility index (Phi) is 9.28. The molecule has 0 aliphatic carbocycles. The van der Waals surface area contributed by atoms with Gasteiger partial charge in [0.15, 0.2) is 0 Å². The Bertz CT molecular complexity index is 949. The largest absolute Gasteiger partial charge is 0.469 e. The molecule has 0 saturated heterocycles. The number of esters is 1. The average molecular weight is 510 g/mol. The van der Waals surface area contributed by atoms with Crippen LogP contribution in [0.3, 0.4) is 0 Å². The Balaban J connectivity index is 2.17. The number of methoxy groups -OCH3 is 1. The van der Waals surface area contributed by atoms with Gasteiger partial charge in [-0.15, -0.1) is 0 Å². The summed E-state index contributed by atoms with van der Waals surface area (Å²) >= 11 is 3.34. The van der Waals surface area contributed by atoms with Crippen molar-refractivity contribution in [2.75, 3.05) is 7.11 Å². The van der Waals surface area contributed by atoms with Crippen LogP contribution in [0, 0.1) is 5.41 Å². The fraction of sp³-hybridized carbons (Fsp3) is 0.458. The number of sulfonamides is 1. The maximum absolute atomic E-state index is 13.0. The maximum atomic E-state index is 13.0. The molecule has 1 unspecified atom stereocenters. The van der Waals surface area contributed by atoms with E-state index in [2.05, 4.69) is 46.2 Å². The molecule has 2 aromatic carbocycles. The number of nitrogens with one attached hydrogen (secondary N) is 1. The first-order valence-electron chi connectivity index (χ1n) is 10.4. The third kappa shape index (κ3) is 8.75. The highest BCUT2D eigenvalue weighted by Gasteiger charge is 2.23. The van der Waals surface area contributed by atoms with Gasteiger partial charge in [-0.2, -0.15) is 0 Å². The first-order chi connectivity index (χ1) is 14.5. The van der Waals surface area contributed by atoms with Crippen molar-refractivity contribution < 1.29 is 17.9 Å². The molecule has 0 aliphatic rings. The molecule has 0 aromatic heterocycles. The Morgan fingerprint density at radius 3 is 2.23 bits per heavy atom. The fourth-order valence-electron chi connectivity index (χ4n) is 3.20. The smallest absolute Gasteiger partial charge is 0.305 e. The molecule has 0 fully saturated rings. The van der Waals surface area contributed by atoms with Crippen molar-refractivity contribution in [2.45, 2.75) is 63.8 Å². The molecule has 0 bridgehead atoms. The van der Waals surface area contributed by atoms with Crippen LogP contribution in [0.5, 0.6) is 0 Å². The SMILES string of the molecule is COC(=O)CCCc1ccc(C(CCC(C)(C)C)NS(=O)(=O)c2ccc(Br)cc2)cc1. The molecule has 0 saturated carbocycles. The highest BCUT2D eigenvalue weighted by Crippen LogP contribution is 2.29. The molecule has 7 heteroatoms. The maximum Gasteiger partial charge on any atom is 0.305 e. The number of ether oxygens (including phenoxy) is 1. The van der Waals surface area contributed by atoms with Crippen molar-refractivity contribution in [1.82, 2.24) is 4.72 Å². The first-order valence-corrected chi connectivity index (χ1v) is 12.7. The average Bonchev–Trinajstić information content (AvgIpc) is 2.71. The van der Waals surface area contributed by atoms with Crippen LogP contribution in [0.2, 0.25) is 0 Å². The lowest BCUT2D eigenvalue weighted by Gasteiger charge is -2.24. The molecule has 2 aromatic rings. The molecule has 1 atom stereocenters. The number of benzene rings is 2. The minimum atomic E-state index is -3.65. The summed E-state index contributed by atoms with van der Waals surface area (Å²) in [5.74, 6) is -0.207. The van der Waals surface area contributed by atoms with E-state index in [9.17, 15) is 13.2 Å². The van der Waals surface area contributed by atoms with Crippen LogP contribution < -0.4 is 4.72 Å². The lowest BCUT2D eigenvalue weighted by molar-refractivity contribution is -0.140. The van der Waals surface area contributed by atoms with Gasteiger partial charge < -0.3 is 4.74 Å². The van der Waals surface area contributed by atoms with Crippen LogP contribution in [0.1, 0.15) is 63.6 Å². The van der Waals surface area contributed by atoms with Crippen LogP contribution in [0.25, 0.3) is 0 Å². The van der Waals surface area contributed by atoms with E-state index in [1.165, 1.54) is 7.11 Å². The summed E-state index contributed by atoms with van der Waals surface area (Å²) in [6.45, 7) is 6.45. The van der Waals surface area contributed by atoms with Crippen molar-refractivity contribution in [3.05, 3.63) is 64.1 Å². The van der Waals surface area contributed by atoms with Crippen molar-refractivity contribution in [1.29, 1.82) is 0 Å². The van der Waals surface area contributed by atoms with Crippen LogP contribution in [-0.2, 0) is 26.0 Å². The zero-order chi connectivity index (χ0) is 23.1. The van der Waals surface area contributed by atoms with E-state index in [1.807, 2.05) is 24.3 Å². The number of hydrogen-bond donors (Lipinski definition) is 1. The van der Waals surface area contributed by atoms with Crippen molar-refractivity contribution in [2.24, 2.45) is 5.41 Å². The predicted octanol–water partition coefficient (Wildman–Crippen LogP) is 5.79. The number of hydrogen-bond acceptors (Lipinski definition) is 4. The van der Waals surface area contributed by atoms with Gasteiger partial charge in [-0.3, -0.25) is 4.79 Å². The lowest BCUT2D eigenvalue weighted by atomic mass is 9.87. The number of rotatable bonds is 10. The van der Waals surface area contributed by atoms with E-state index >= 15 is 0 Å². The molecule has 0 radical (unpaired) electrons. The van der Waals surface area contributed by atoms with Crippen LogP contribution in [0.15, 0.2) is 57.9 Å². The second-order valence-corrected chi connectivity index (χ2v) is 11.5. The van der Waals surface area contributed by atoms with Gasteiger partial charge in [-0.05, 0) is 66.5 Å². The van der Waals surface area contributed by atoms with Gasteiger partial charge in [-0.1, -0.05) is 61.0 Å². The van der Waals surface area contributed by atoms with Crippen molar-refractivity contribution in [3.63, 3.8) is 0 Å². The van der Waals surface area contributed by atoms with Gasteiger partial charge in [0.2, 0.25) is 10.0 Å². The molecule has 170 valence electrons. The van der Waals surface area contributed by atoms with Gasteiger partial charge >= 0.3 is 5.97 Å². The molecule has 5 nitrogen and oxygen atoms in total. The number of carbonyl (C=O) groups is 1. The minimum Gasteiger partial charge on any atom is -0.469 e. The number of carbonyl (C=O) groups excluding carboxylic acids is 1. The van der Waals surface area contributed by atoms with E-state index in [4.69, 9.17) is 0 Å². The Morgan fingerprint density at radius 2 is 1.68 bits per heavy atom. The van der Waals surface area contributed by atoms with Crippen molar-refractivity contribution >= 4 is 31.9 Å². The van der Waals surface area contributed by atoms with Gasteiger partial charge in [0.1, 0.15) is 0 Å². The molecule has 0 aliphatic heterocycles. The second kappa shape index (κ2) is 11.2. The topological polar surface area (TPSA) is 72.5 Å². The highest BCUT2D eigenvalue weighted by molar-refractivity contribution is 9.10. The molecule has 0 spiro atoms. The number of aryl methyl sites for hydroxylation is 1. The fourth-order valence-corrected chi connectivity index (χ4v) is 4.72. The van der Waals surface area contributed by atoms with Crippen molar-refractivity contribution in [3.8, 4) is 0 Å². The number of halogens is 1. The van der Waals surface area contributed by atoms with E-state index in [0.717, 1.165) is 34.9 Å². The summed E-state index contributed by atoms with van der Waals surface area (Å²) in [6, 6.07) is 14.3. The summed E-state index contributed by atoms with van der Waals surface area (Å²) in [5.41, 5.74) is 2.13. The van der Waals surface area contributed by atoms with Gasteiger partial charge in [0.05, 0.1) is 12.0 Å². The Labute approximate surface area is 194 Å². The van der Waals surface area contributed by atoms with Gasteiger partial charge in [-0.25, -0.2) is 13.1 Å². The lowest BCUT2D eigenvalue weighted by Crippen LogP contribution is -2.29. The normalized spacial score (nSPS) is 13.1. The minimum absolute atomic E-state index is 0.0924. The van der Waals surface area contributed by atoms with E-state index in [1.54, 1.807) is 24.3 Å². The summed E-state index contributed by atoms with van der Waals surface area (Å²) in [7, 11) is -2.26. The van der Waals surface area contributed by atoms with E-state index in [0.29, 0.717) is 12.8 Å². The van der Waals surface area contributed by atoms with Gasteiger partial charge in [0.25, 0.3) is 0 Å². The Hall–Kier alpha value is -1.70. The third-order valence-electron chi connectivity index (χ3n) is 5.06. The van der Waals surface area contributed by atoms with Gasteiger partial charge in [0, 0.05) is 16.9 Å². The second-order valence-electron chi connectivity index (χ2n) is 8.90. The first kappa shape index (κ1) is 25.6. The molecule has 2 rings (SSSR count). The summed E-state index contributed by atoms with van der Waals surface area (Å²) in [6.07, 6.45) is 3.45. The zero-order valence-electron chi connectivity index (χ0n) is 18.7. The summed E-state index contributed by atoms with van der Waals surface area (Å²) in [4.78, 5) is 11.5. The molecule has 1 N–H and O–H groups in total. The van der Waals surface area contributed by atoms with E-state index in [-0.39, 0.29) is 22.3 Å². The van der Waals surface area contributed by atoms with Crippen LogP contribution in [0.4, 0.5) is 0 Å². The molecular formula is C24H32BrNO4S. The quantitative estimate of drug-likeness (QED) is 0.411. The molecular weight excluding hydrogens is 478 g/mol. The Morgan fingerprint density at radius 1 is 1.06 bits per heavy atom. The molecule has 0 heterocycles. The molecule has 0 amide bonds. The van der Waals surface area contributed by atoms with Crippen LogP contribution in [-0.4, -0.2) is 21.5 Å².